The van der Waals surface area contributed by atoms with Crippen molar-refractivity contribution in [2.24, 2.45) is 0 Å². The van der Waals surface area contributed by atoms with Crippen molar-refractivity contribution < 1.29 is 9.26 Å². The monoisotopic (exact) mass is 270 g/mol. The number of hydrogen-bond donors (Lipinski definition) is 0. The van der Waals surface area contributed by atoms with E-state index in [0.29, 0.717) is 0 Å². The molecule has 94 valence electrons. The molecule has 1 aromatic heterocycles. The average molecular weight is 270 g/mol. The van der Waals surface area contributed by atoms with Gasteiger partial charge in [-0.25, -0.2) is 0 Å². The Morgan fingerprint density at radius 2 is 1.68 bits per heavy atom. The summed E-state index contributed by atoms with van der Waals surface area (Å²) in [5.74, 6) is 0.830. The van der Waals surface area contributed by atoms with Crippen LogP contribution in [0, 0.1) is 0 Å². The summed E-state index contributed by atoms with van der Waals surface area (Å²) in [6.45, 7) is 0. The van der Waals surface area contributed by atoms with Crippen molar-refractivity contribution in [2.45, 2.75) is 0 Å². The first-order chi connectivity index (χ1) is 9.36. The second kappa shape index (κ2) is 5.20. The molecule has 0 saturated heterocycles. The third-order valence-electron chi connectivity index (χ3n) is 2.75. The highest BCUT2D eigenvalue weighted by molar-refractivity contribution is 7.17. The Bertz CT molecular complexity index is 662. The first-order valence-electron chi connectivity index (χ1n) is 5.86. The van der Waals surface area contributed by atoms with E-state index in [2.05, 4.69) is 5.16 Å². The van der Waals surface area contributed by atoms with Gasteiger partial charge >= 0.3 is 5.07 Å². The molecule has 0 radical (unpaired) electrons. The molecule has 0 amide bonds. The molecule has 0 spiro atoms. The molecule has 0 aliphatic heterocycles. The van der Waals surface area contributed by atoms with Gasteiger partial charge in [0.25, 0.3) is 0 Å². The van der Waals surface area contributed by atoms with E-state index in [1.54, 1.807) is 7.11 Å². The average Bonchev–Trinajstić information content (AvgIpc) is 2.98. The van der Waals surface area contributed by atoms with Crippen molar-refractivity contribution in [3.05, 3.63) is 54.6 Å². The van der Waals surface area contributed by atoms with Crippen molar-refractivity contribution in [2.75, 3.05) is 7.11 Å². The van der Waals surface area contributed by atoms with Gasteiger partial charge in [0.05, 0.1) is 12.7 Å². The fourth-order valence-electron chi connectivity index (χ4n) is 1.74. The van der Waals surface area contributed by atoms with Crippen LogP contribution < -0.4 is 4.74 Å². The van der Waals surface area contributed by atoms with Crippen LogP contribution in [0.25, 0.3) is 21.2 Å². The second-order valence-corrected chi connectivity index (χ2v) is 4.93. The maximum atomic E-state index is 5.41. The third kappa shape index (κ3) is 2.48. The van der Waals surface area contributed by atoms with E-state index < -0.39 is 0 Å². The predicted molar refractivity (Wildman–Crippen MR) is 76.2 cm³/mol. The normalized spacial score (nSPS) is 10.4. The smallest absolute Gasteiger partial charge is 0.465 e. The second-order valence-electron chi connectivity index (χ2n) is 3.97. The standard InChI is InChI=1S/C15H12NO2S/c1-17-13-9-7-12(8-10-13)15-18-16-14(19-15)11-5-3-2-4-6-11/h2-10H,1H3/q+1. The fourth-order valence-corrected chi connectivity index (χ4v) is 2.57. The molecule has 0 saturated carbocycles. The van der Waals surface area contributed by atoms with Crippen LogP contribution in [0.2, 0.25) is 0 Å². The summed E-state index contributed by atoms with van der Waals surface area (Å²) < 4.78 is 10.5. The zero-order chi connectivity index (χ0) is 13.1. The highest BCUT2D eigenvalue weighted by Gasteiger charge is 2.21. The van der Waals surface area contributed by atoms with Crippen LogP contribution >= 0.6 is 11.3 Å². The maximum absolute atomic E-state index is 5.41. The summed E-state index contributed by atoms with van der Waals surface area (Å²) in [4.78, 5) is 0. The number of methoxy groups -OCH3 is 1. The molecule has 2 aromatic carbocycles. The molecule has 0 atom stereocenters. The minimum atomic E-state index is 0.793. The summed E-state index contributed by atoms with van der Waals surface area (Å²) >= 11 is 1.53. The number of hydrogen-bond acceptors (Lipinski definition) is 3. The van der Waals surface area contributed by atoms with Gasteiger partial charge in [0.1, 0.15) is 5.75 Å². The Kier molecular flexibility index (Phi) is 3.25. The first-order valence-corrected chi connectivity index (χ1v) is 6.68. The number of aromatic nitrogens is 1. The highest BCUT2D eigenvalue weighted by Crippen LogP contribution is 2.32. The van der Waals surface area contributed by atoms with Crippen LogP contribution in [0.3, 0.4) is 0 Å². The van der Waals surface area contributed by atoms with E-state index in [1.165, 1.54) is 11.3 Å². The van der Waals surface area contributed by atoms with Crippen molar-refractivity contribution in [1.82, 2.24) is 5.16 Å². The fraction of sp³-hybridized carbons (Fsp3) is 0.0667. The Hall–Kier alpha value is -2.20. The number of benzene rings is 2. The molecule has 0 N–H and O–H groups in total. The summed E-state index contributed by atoms with van der Waals surface area (Å²) in [6.07, 6.45) is 0. The van der Waals surface area contributed by atoms with Gasteiger partial charge in [-0.3, -0.25) is 0 Å². The summed E-state index contributed by atoms with van der Waals surface area (Å²) in [5.41, 5.74) is 2.07. The van der Waals surface area contributed by atoms with Crippen LogP contribution in [0.1, 0.15) is 0 Å². The van der Waals surface area contributed by atoms with Gasteiger partial charge in [-0.2, -0.15) is 0 Å². The Balaban J connectivity index is 1.92. The Morgan fingerprint density at radius 3 is 2.37 bits per heavy atom. The topological polar surface area (TPSA) is 33.4 Å². The number of ether oxygens (including phenoxy) is 1. The largest absolute Gasteiger partial charge is 0.497 e. The van der Waals surface area contributed by atoms with Crippen molar-refractivity contribution in [3.63, 3.8) is 0 Å². The van der Waals surface area contributed by atoms with Gasteiger partial charge in [0, 0.05) is 5.56 Å². The van der Waals surface area contributed by atoms with Gasteiger partial charge < -0.3 is 4.74 Å². The van der Waals surface area contributed by atoms with Crippen molar-refractivity contribution >= 4 is 11.3 Å². The molecule has 19 heavy (non-hydrogen) atoms. The lowest BCUT2D eigenvalue weighted by molar-refractivity contribution is 0.414. The number of nitrogens with zero attached hydrogens (tertiary/aromatic N) is 1. The lowest BCUT2D eigenvalue weighted by atomic mass is 10.2. The van der Waals surface area contributed by atoms with Crippen LogP contribution in [-0.4, -0.2) is 12.3 Å². The van der Waals surface area contributed by atoms with Crippen molar-refractivity contribution in [3.8, 4) is 27.0 Å². The molecule has 0 unspecified atom stereocenters. The zero-order valence-electron chi connectivity index (χ0n) is 10.4. The molecule has 1 heterocycles. The van der Waals surface area contributed by atoms with Gasteiger partial charge in [-0.1, -0.05) is 34.9 Å². The van der Waals surface area contributed by atoms with E-state index >= 15 is 0 Å². The molecular weight excluding hydrogens is 258 g/mol. The lowest BCUT2D eigenvalue weighted by Crippen LogP contribution is -1.81. The minimum Gasteiger partial charge on any atom is -0.497 e. The number of rotatable bonds is 3. The lowest BCUT2D eigenvalue weighted by Gasteiger charge is -1.96. The summed E-state index contributed by atoms with van der Waals surface area (Å²) in [7, 11) is 1.65. The van der Waals surface area contributed by atoms with E-state index in [0.717, 1.165) is 27.0 Å². The Morgan fingerprint density at radius 1 is 0.947 bits per heavy atom. The quantitative estimate of drug-likeness (QED) is 0.663. The van der Waals surface area contributed by atoms with Gasteiger partial charge in [0.15, 0.2) is 5.16 Å². The first kappa shape index (κ1) is 11.9. The summed E-state index contributed by atoms with van der Waals surface area (Å²) in [5, 5.41) is 5.79. The SMILES string of the molecule is COc1ccc(-c2[o+]nc(-c3ccccc3)s2)cc1. The minimum absolute atomic E-state index is 0.793. The zero-order valence-corrected chi connectivity index (χ0v) is 11.2. The van der Waals surface area contributed by atoms with Crippen LogP contribution in [-0.2, 0) is 0 Å². The molecular formula is C15H12NO2S+. The summed E-state index contributed by atoms with van der Waals surface area (Å²) in [6, 6.07) is 17.7. The third-order valence-corrected chi connectivity index (χ3v) is 3.75. The molecule has 3 aromatic rings. The van der Waals surface area contributed by atoms with Crippen LogP contribution in [0.15, 0.2) is 59.1 Å². The molecule has 0 aliphatic carbocycles. The van der Waals surface area contributed by atoms with Gasteiger partial charge in [-0.05, 0) is 35.6 Å². The predicted octanol–water partition coefficient (Wildman–Crippen LogP) is 4.36. The van der Waals surface area contributed by atoms with Crippen LogP contribution in [0.5, 0.6) is 5.75 Å². The molecule has 0 aliphatic rings. The van der Waals surface area contributed by atoms with Crippen LogP contribution in [0.4, 0.5) is 0 Å². The van der Waals surface area contributed by atoms with Gasteiger partial charge in [0.2, 0.25) is 5.01 Å². The van der Waals surface area contributed by atoms with E-state index in [4.69, 9.17) is 9.26 Å². The highest BCUT2D eigenvalue weighted by atomic mass is 32.1. The Labute approximate surface area is 115 Å². The van der Waals surface area contributed by atoms with Gasteiger partial charge in [-0.15, -0.1) is 0 Å². The maximum Gasteiger partial charge on any atom is 0.465 e. The molecule has 0 bridgehead atoms. The van der Waals surface area contributed by atoms with Crippen molar-refractivity contribution in [1.29, 1.82) is 0 Å². The molecule has 4 heteroatoms. The molecule has 0 fully saturated rings. The van der Waals surface area contributed by atoms with E-state index in [-0.39, 0.29) is 0 Å². The van der Waals surface area contributed by atoms with E-state index in [9.17, 15) is 0 Å². The molecule has 3 nitrogen and oxygen atoms in total. The van der Waals surface area contributed by atoms with E-state index in [1.807, 2.05) is 54.6 Å². The molecule has 3 rings (SSSR count).